The van der Waals surface area contributed by atoms with E-state index in [0.717, 1.165) is 23.2 Å². The number of carboxylic acids is 1. The van der Waals surface area contributed by atoms with Crippen LogP contribution < -0.4 is 5.11 Å². The Balaban J connectivity index is 2.23. The summed E-state index contributed by atoms with van der Waals surface area (Å²) in [6.45, 7) is 0. The molecule has 0 saturated heterocycles. The van der Waals surface area contributed by atoms with Gasteiger partial charge in [-0.25, -0.2) is 0 Å². The molecule has 2 aromatic rings. The predicted octanol–water partition coefficient (Wildman–Crippen LogP) is 0.539. The van der Waals surface area contributed by atoms with Crippen LogP contribution in [0.25, 0.3) is 11.3 Å². The minimum absolute atomic E-state index is 0.115. The largest absolute Gasteiger partial charge is 0.543 e. The van der Waals surface area contributed by atoms with Gasteiger partial charge in [-0.05, 0) is 18.4 Å². The zero-order chi connectivity index (χ0) is 11.1. The second kappa shape index (κ2) is 3.20. The minimum Gasteiger partial charge on any atom is -0.543 e. The van der Waals surface area contributed by atoms with Gasteiger partial charge in [-0.3, -0.25) is 5.10 Å². The maximum atomic E-state index is 10.9. The lowest BCUT2D eigenvalue weighted by Crippen LogP contribution is -2.24. The van der Waals surface area contributed by atoms with Crippen LogP contribution >= 0.6 is 0 Å². The van der Waals surface area contributed by atoms with E-state index >= 15 is 0 Å². The lowest BCUT2D eigenvalue weighted by Gasteiger charge is -2.15. The van der Waals surface area contributed by atoms with Gasteiger partial charge in [0.15, 0.2) is 0 Å². The quantitative estimate of drug-likeness (QED) is 0.751. The number of H-pyrrole nitrogens is 1. The average molecular weight is 213 g/mol. The topological polar surface area (TPSA) is 68.8 Å². The number of nitrogens with one attached hydrogen (secondary N) is 1. The van der Waals surface area contributed by atoms with E-state index in [-0.39, 0.29) is 5.69 Å². The van der Waals surface area contributed by atoms with Crippen LogP contribution in [0.1, 0.15) is 21.6 Å². The van der Waals surface area contributed by atoms with E-state index in [1.165, 1.54) is 5.56 Å². The highest BCUT2D eigenvalue weighted by Gasteiger charge is 2.21. The van der Waals surface area contributed by atoms with Gasteiger partial charge in [0.2, 0.25) is 0 Å². The Morgan fingerprint density at radius 2 is 2.12 bits per heavy atom. The summed E-state index contributed by atoms with van der Waals surface area (Å²) in [5.41, 5.74) is 3.86. The summed E-state index contributed by atoms with van der Waals surface area (Å²) in [6, 6.07) is 7.93. The van der Waals surface area contributed by atoms with Gasteiger partial charge in [-0.2, -0.15) is 5.10 Å². The van der Waals surface area contributed by atoms with Crippen molar-refractivity contribution in [3.05, 3.63) is 41.1 Å². The molecule has 0 aliphatic heterocycles. The van der Waals surface area contributed by atoms with Crippen LogP contribution in [0.3, 0.4) is 0 Å². The molecule has 0 fully saturated rings. The summed E-state index contributed by atoms with van der Waals surface area (Å²) in [7, 11) is 0. The molecule has 0 bridgehead atoms. The Labute approximate surface area is 91.9 Å². The standard InChI is InChI=1S/C12H10N2O2/c15-12(16)11-9-6-5-7-3-1-2-4-8(7)10(9)13-14-11/h1-4H,5-6H2,(H,13,14)(H,15,16)/p-1. The minimum atomic E-state index is -1.19. The molecular formula is C12H9N2O2-. The van der Waals surface area contributed by atoms with Gasteiger partial charge in [0.05, 0.1) is 17.4 Å². The van der Waals surface area contributed by atoms with Crippen LogP contribution in [-0.2, 0) is 12.8 Å². The number of aromatic amines is 1. The second-order valence-electron chi connectivity index (χ2n) is 3.87. The van der Waals surface area contributed by atoms with Crippen molar-refractivity contribution >= 4 is 5.97 Å². The summed E-state index contributed by atoms with van der Waals surface area (Å²) < 4.78 is 0. The SMILES string of the molecule is O=C([O-])c1[nH]nc2c1CCc1ccccc1-2. The van der Waals surface area contributed by atoms with Crippen molar-refractivity contribution < 1.29 is 9.90 Å². The van der Waals surface area contributed by atoms with E-state index in [1.54, 1.807) is 0 Å². The number of nitrogens with zero attached hydrogens (tertiary/aromatic N) is 1. The highest BCUT2D eigenvalue weighted by atomic mass is 16.4. The number of hydrogen-bond donors (Lipinski definition) is 1. The highest BCUT2D eigenvalue weighted by molar-refractivity contribution is 5.88. The zero-order valence-corrected chi connectivity index (χ0v) is 8.49. The molecule has 80 valence electrons. The van der Waals surface area contributed by atoms with Crippen LogP contribution in [0.15, 0.2) is 24.3 Å². The van der Waals surface area contributed by atoms with Gasteiger partial charge in [0.1, 0.15) is 0 Å². The number of aryl methyl sites for hydroxylation is 1. The summed E-state index contributed by atoms with van der Waals surface area (Å²) in [5.74, 6) is -1.19. The Bertz CT molecular complexity index is 572. The molecule has 1 aliphatic rings. The molecule has 1 aromatic heterocycles. The molecule has 1 aromatic carbocycles. The van der Waals surface area contributed by atoms with Crippen LogP contribution in [0.4, 0.5) is 0 Å². The number of carbonyl (C=O) groups excluding carboxylic acids is 1. The molecule has 0 saturated carbocycles. The zero-order valence-electron chi connectivity index (χ0n) is 8.49. The number of fused-ring (bicyclic) bond motifs is 3. The summed E-state index contributed by atoms with van der Waals surface area (Å²) >= 11 is 0. The fourth-order valence-corrected chi connectivity index (χ4v) is 2.23. The van der Waals surface area contributed by atoms with Crippen LogP contribution in [-0.4, -0.2) is 16.2 Å². The maximum absolute atomic E-state index is 10.9. The first-order valence-corrected chi connectivity index (χ1v) is 5.14. The monoisotopic (exact) mass is 213 g/mol. The molecule has 0 unspecified atom stereocenters. The molecule has 1 N–H and O–H groups in total. The van der Waals surface area contributed by atoms with Crippen molar-refractivity contribution in [3.63, 3.8) is 0 Å². The lowest BCUT2D eigenvalue weighted by atomic mass is 9.89. The molecule has 16 heavy (non-hydrogen) atoms. The van der Waals surface area contributed by atoms with E-state index in [9.17, 15) is 9.90 Å². The summed E-state index contributed by atoms with van der Waals surface area (Å²) in [6.07, 6.45) is 1.55. The van der Waals surface area contributed by atoms with Crippen molar-refractivity contribution in [1.82, 2.24) is 10.2 Å². The van der Waals surface area contributed by atoms with E-state index < -0.39 is 5.97 Å². The van der Waals surface area contributed by atoms with E-state index in [2.05, 4.69) is 10.2 Å². The van der Waals surface area contributed by atoms with Gasteiger partial charge >= 0.3 is 0 Å². The number of benzene rings is 1. The molecule has 0 atom stereocenters. The third-order valence-corrected chi connectivity index (χ3v) is 2.99. The number of hydrogen-bond acceptors (Lipinski definition) is 3. The molecule has 1 aliphatic carbocycles. The van der Waals surface area contributed by atoms with Crippen molar-refractivity contribution in [1.29, 1.82) is 0 Å². The molecule has 4 heteroatoms. The lowest BCUT2D eigenvalue weighted by molar-refractivity contribution is -0.255. The number of aromatic nitrogens is 2. The molecule has 3 rings (SSSR count). The van der Waals surface area contributed by atoms with Gasteiger partial charge in [0, 0.05) is 11.1 Å². The normalized spacial score (nSPS) is 13.0. The van der Waals surface area contributed by atoms with Gasteiger partial charge in [-0.15, -0.1) is 0 Å². The first-order valence-electron chi connectivity index (χ1n) is 5.14. The highest BCUT2D eigenvalue weighted by Crippen LogP contribution is 2.32. The van der Waals surface area contributed by atoms with Crippen LogP contribution in [0, 0.1) is 0 Å². The van der Waals surface area contributed by atoms with Crippen molar-refractivity contribution in [2.75, 3.05) is 0 Å². The summed E-state index contributed by atoms with van der Waals surface area (Å²) in [5, 5.41) is 17.5. The number of carbonyl (C=O) groups is 1. The van der Waals surface area contributed by atoms with E-state index in [0.29, 0.717) is 6.42 Å². The number of aromatic carboxylic acids is 1. The van der Waals surface area contributed by atoms with Crippen molar-refractivity contribution in [3.8, 4) is 11.3 Å². The number of carboxylic acid groups (broad SMARTS) is 1. The van der Waals surface area contributed by atoms with Gasteiger partial charge in [-0.1, -0.05) is 24.3 Å². The second-order valence-corrected chi connectivity index (χ2v) is 3.87. The Morgan fingerprint density at radius 3 is 2.94 bits per heavy atom. The third kappa shape index (κ3) is 1.16. The Hall–Kier alpha value is -2.10. The Morgan fingerprint density at radius 1 is 1.31 bits per heavy atom. The molecule has 0 radical (unpaired) electrons. The number of rotatable bonds is 1. The fourth-order valence-electron chi connectivity index (χ4n) is 2.23. The first-order chi connectivity index (χ1) is 7.77. The van der Waals surface area contributed by atoms with E-state index in [1.807, 2.05) is 24.3 Å². The van der Waals surface area contributed by atoms with Crippen LogP contribution in [0.5, 0.6) is 0 Å². The molecule has 0 amide bonds. The molecule has 4 nitrogen and oxygen atoms in total. The molecule has 0 spiro atoms. The average Bonchev–Trinajstić information content (AvgIpc) is 2.73. The maximum Gasteiger partial charge on any atom is 0.0962 e. The third-order valence-electron chi connectivity index (χ3n) is 2.99. The fraction of sp³-hybridized carbons (Fsp3) is 0.167. The predicted molar refractivity (Wildman–Crippen MR) is 55.8 cm³/mol. The van der Waals surface area contributed by atoms with Crippen molar-refractivity contribution in [2.24, 2.45) is 0 Å². The van der Waals surface area contributed by atoms with Crippen LogP contribution in [0.2, 0.25) is 0 Å². The molecule has 1 heterocycles. The first kappa shape index (κ1) is 9.15. The smallest absolute Gasteiger partial charge is 0.0962 e. The van der Waals surface area contributed by atoms with E-state index in [4.69, 9.17) is 0 Å². The van der Waals surface area contributed by atoms with Gasteiger partial charge in [0.25, 0.3) is 0 Å². The van der Waals surface area contributed by atoms with Crippen molar-refractivity contribution in [2.45, 2.75) is 12.8 Å². The Kier molecular flexibility index (Phi) is 1.83. The molecular weight excluding hydrogens is 204 g/mol. The summed E-state index contributed by atoms with van der Waals surface area (Å²) in [4.78, 5) is 10.9. The van der Waals surface area contributed by atoms with Gasteiger partial charge < -0.3 is 9.90 Å².